The zero-order valence-electron chi connectivity index (χ0n) is 12.7. The number of nitrogens with one attached hydrogen (secondary N) is 1. The second kappa shape index (κ2) is 6.33. The summed E-state index contributed by atoms with van der Waals surface area (Å²) >= 11 is 0. The Labute approximate surface area is 137 Å². The van der Waals surface area contributed by atoms with Crippen LogP contribution in [0.25, 0.3) is 22.9 Å². The molecule has 0 aliphatic heterocycles. The standard InChI is InChI=1S/C17H13N3O4/c1-10(21)18-14-4-2-3-13(9-14)16-20-19-15(24-16)11-5-7-12(8-6-11)17(22)23/h2-9H,1H3,(H,18,21)(H,22,23). The molecule has 0 aliphatic carbocycles. The second-order valence-corrected chi connectivity index (χ2v) is 5.06. The minimum Gasteiger partial charge on any atom is -0.478 e. The molecule has 1 aromatic heterocycles. The summed E-state index contributed by atoms with van der Waals surface area (Å²) in [5.74, 6) is -0.578. The van der Waals surface area contributed by atoms with E-state index in [1.165, 1.54) is 19.1 Å². The summed E-state index contributed by atoms with van der Waals surface area (Å²) in [5.41, 5.74) is 2.10. The van der Waals surface area contributed by atoms with E-state index >= 15 is 0 Å². The van der Waals surface area contributed by atoms with Gasteiger partial charge in [0, 0.05) is 23.7 Å². The maximum atomic E-state index is 11.1. The number of aromatic nitrogens is 2. The summed E-state index contributed by atoms with van der Waals surface area (Å²) < 4.78 is 5.63. The van der Waals surface area contributed by atoms with Gasteiger partial charge in [-0.2, -0.15) is 0 Å². The maximum absolute atomic E-state index is 11.1. The SMILES string of the molecule is CC(=O)Nc1cccc(-c2nnc(-c3ccc(C(=O)O)cc3)o2)c1. The van der Waals surface area contributed by atoms with Gasteiger partial charge in [0.1, 0.15) is 0 Å². The van der Waals surface area contributed by atoms with Gasteiger partial charge in [-0.3, -0.25) is 4.79 Å². The van der Waals surface area contributed by atoms with E-state index in [-0.39, 0.29) is 17.4 Å². The molecule has 0 saturated heterocycles. The summed E-state index contributed by atoms with van der Waals surface area (Å²) in [5, 5.41) is 19.6. The zero-order chi connectivity index (χ0) is 17.1. The monoisotopic (exact) mass is 323 g/mol. The lowest BCUT2D eigenvalue weighted by atomic mass is 10.1. The molecule has 3 rings (SSSR count). The molecule has 0 spiro atoms. The number of rotatable bonds is 4. The quantitative estimate of drug-likeness (QED) is 0.764. The van der Waals surface area contributed by atoms with E-state index in [1.54, 1.807) is 36.4 Å². The molecule has 0 saturated carbocycles. The third kappa shape index (κ3) is 3.30. The molecule has 7 nitrogen and oxygen atoms in total. The number of benzene rings is 2. The van der Waals surface area contributed by atoms with Crippen LogP contribution in [-0.2, 0) is 4.79 Å². The number of amides is 1. The van der Waals surface area contributed by atoms with Gasteiger partial charge in [0.15, 0.2) is 0 Å². The van der Waals surface area contributed by atoms with Crippen LogP contribution in [0.15, 0.2) is 52.9 Å². The number of nitrogens with zero attached hydrogens (tertiary/aromatic N) is 2. The van der Waals surface area contributed by atoms with Crippen molar-refractivity contribution in [2.24, 2.45) is 0 Å². The van der Waals surface area contributed by atoms with Crippen LogP contribution in [0.1, 0.15) is 17.3 Å². The van der Waals surface area contributed by atoms with E-state index in [0.717, 1.165) is 0 Å². The van der Waals surface area contributed by atoms with Gasteiger partial charge >= 0.3 is 5.97 Å². The van der Waals surface area contributed by atoms with Crippen molar-refractivity contribution in [3.8, 4) is 22.9 Å². The molecule has 2 aromatic carbocycles. The molecular weight excluding hydrogens is 310 g/mol. The van der Waals surface area contributed by atoms with E-state index in [2.05, 4.69) is 15.5 Å². The molecule has 7 heteroatoms. The molecule has 1 heterocycles. The fraction of sp³-hybridized carbons (Fsp3) is 0.0588. The number of aromatic carboxylic acids is 1. The first-order valence-corrected chi connectivity index (χ1v) is 7.08. The Bertz CT molecular complexity index is 900. The van der Waals surface area contributed by atoms with Crippen LogP contribution in [0.4, 0.5) is 5.69 Å². The van der Waals surface area contributed by atoms with E-state index in [4.69, 9.17) is 9.52 Å². The van der Waals surface area contributed by atoms with Crippen molar-refractivity contribution >= 4 is 17.6 Å². The highest BCUT2D eigenvalue weighted by molar-refractivity contribution is 5.89. The number of carbonyl (C=O) groups is 2. The lowest BCUT2D eigenvalue weighted by molar-refractivity contribution is -0.114. The summed E-state index contributed by atoms with van der Waals surface area (Å²) in [6, 6.07) is 13.2. The highest BCUT2D eigenvalue weighted by atomic mass is 16.4. The number of hydrogen-bond acceptors (Lipinski definition) is 5. The molecule has 1 amide bonds. The number of carboxylic acid groups (broad SMARTS) is 1. The van der Waals surface area contributed by atoms with Crippen LogP contribution in [0.5, 0.6) is 0 Å². The Morgan fingerprint density at radius 3 is 2.29 bits per heavy atom. The average molecular weight is 323 g/mol. The van der Waals surface area contributed by atoms with Crippen molar-refractivity contribution in [1.29, 1.82) is 0 Å². The molecular formula is C17H13N3O4. The molecule has 24 heavy (non-hydrogen) atoms. The minimum atomic E-state index is -0.998. The van der Waals surface area contributed by atoms with E-state index < -0.39 is 5.97 Å². The predicted molar refractivity (Wildman–Crippen MR) is 86.4 cm³/mol. The van der Waals surface area contributed by atoms with Crippen molar-refractivity contribution in [2.45, 2.75) is 6.92 Å². The number of carbonyl (C=O) groups excluding carboxylic acids is 1. The highest BCUT2D eigenvalue weighted by Gasteiger charge is 2.12. The lowest BCUT2D eigenvalue weighted by Crippen LogP contribution is -2.05. The van der Waals surface area contributed by atoms with Crippen LogP contribution >= 0.6 is 0 Å². The fourth-order valence-corrected chi connectivity index (χ4v) is 2.15. The van der Waals surface area contributed by atoms with Crippen LogP contribution in [0.2, 0.25) is 0 Å². The van der Waals surface area contributed by atoms with Crippen LogP contribution in [0.3, 0.4) is 0 Å². The summed E-state index contributed by atoms with van der Waals surface area (Å²) in [4.78, 5) is 22.0. The minimum absolute atomic E-state index is 0.170. The molecule has 0 unspecified atom stereocenters. The summed E-state index contributed by atoms with van der Waals surface area (Å²) in [6.07, 6.45) is 0. The van der Waals surface area contributed by atoms with Crippen molar-refractivity contribution in [3.63, 3.8) is 0 Å². The Kier molecular flexibility index (Phi) is 4.07. The van der Waals surface area contributed by atoms with Gasteiger partial charge in [0.05, 0.1) is 5.56 Å². The van der Waals surface area contributed by atoms with Gasteiger partial charge in [0.25, 0.3) is 0 Å². The van der Waals surface area contributed by atoms with Crippen LogP contribution in [-0.4, -0.2) is 27.2 Å². The largest absolute Gasteiger partial charge is 0.478 e. The van der Waals surface area contributed by atoms with Crippen LogP contribution < -0.4 is 5.32 Å². The van der Waals surface area contributed by atoms with Crippen LogP contribution in [0, 0.1) is 0 Å². The van der Waals surface area contributed by atoms with Gasteiger partial charge in [-0.05, 0) is 42.5 Å². The van der Waals surface area contributed by atoms with Crippen molar-refractivity contribution in [1.82, 2.24) is 10.2 Å². The molecule has 0 aliphatic rings. The topological polar surface area (TPSA) is 105 Å². The number of anilines is 1. The average Bonchev–Trinajstić information content (AvgIpc) is 3.04. The first-order chi connectivity index (χ1) is 11.5. The van der Waals surface area contributed by atoms with Gasteiger partial charge in [-0.25, -0.2) is 4.79 Å². The van der Waals surface area contributed by atoms with Gasteiger partial charge in [-0.1, -0.05) is 6.07 Å². The third-order valence-electron chi connectivity index (χ3n) is 3.23. The highest BCUT2D eigenvalue weighted by Crippen LogP contribution is 2.25. The molecule has 3 aromatic rings. The molecule has 0 radical (unpaired) electrons. The van der Waals surface area contributed by atoms with E-state index in [9.17, 15) is 9.59 Å². The summed E-state index contributed by atoms with van der Waals surface area (Å²) in [6.45, 7) is 1.43. The maximum Gasteiger partial charge on any atom is 0.335 e. The molecule has 120 valence electrons. The lowest BCUT2D eigenvalue weighted by Gasteiger charge is -2.02. The van der Waals surface area contributed by atoms with Gasteiger partial charge in [-0.15, -0.1) is 10.2 Å². The fourth-order valence-electron chi connectivity index (χ4n) is 2.15. The van der Waals surface area contributed by atoms with Gasteiger partial charge < -0.3 is 14.8 Å². The zero-order valence-corrected chi connectivity index (χ0v) is 12.7. The molecule has 0 bridgehead atoms. The third-order valence-corrected chi connectivity index (χ3v) is 3.23. The first-order valence-electron chi connectivity index (χ1n) is 7.08. The predicted octanol–water partition coefficient (Wildman–Crippen LogP) is 3.06. The number of carboxylic acids is 1. The molecule has 0 fully saturated rings. The smallest absolute Gasteiger partial charge is 0.335 e. The Balaban J connectivity index is 1.87. The molecule has 0 atom stereocenters. The Morgan fingerprint density at radius 1 is 1.00 bits per heavy atom. The Morgan fingerprint density at radius 2 is 1.67 bits per heavy atom. The summed E-state index contributed by atoms with van der Waals surface area (Å²) in [7, 11) is 0. The normalized spacial score (nSPS) is 10.4. The second-order valence-electron chi connectivity index (χ2n) is 5.06. The Hall–Kier alpha value is -3.48. The first kappa shape index (κ1) is 15.4. The van der Waals surface area contributed by atoms with E-state index in [0.29, 0.717) is 22.7 Å². The van der Waals surface area contributed by atoms with Crippen molar-refractivity contribution in [3.05, 3.63) is 54.1 Å². The van der Waals surface area contributed by atoms with Gasteiger partial charge in [0.2, 0.25) is 17.7 Å². The van der Waals surface area contributed by atoms with Crippen molar-refractivity contribution < 1.29 is 19.1 Å². The van der Waals surface area contributed by atoms with Crippen molar-refractivity contribution in [2.75, 3.05) is 5.32 Å². The number of hydrogen-bond donors (Lipinski definition) is 2. The van der Waals surface area contributed by atoms with E-state index in [1.807, 2.05) is 0 Å². The molecule has 2 N–H and O–H groups in total.